The van der Waals surface area contributed by atoms with Gasteiger partial charge in [-0.15, -0.1) is 0 Å². The maximum atomic E-state index is 13.2. The number of ether oxygens (including phenoxy) is 2. The van der Waals surface area contributed by atoms with Gasteiger partial charge in [0.25, 0.3) is 5.91 Å². The topological polar surface area (TPSA) is 97.8 Å². The van der Waals surface area contributed by atoms with E-state index in [-0.39, 0.29) is 17.0 Å². The van der Waals surface area contributed by atoms with E-state index in [0.717, 1.165) is 5.56 Å². The van der Waals surface area contributed by atoms with Crippen molar-refractivity contribution in [3.8, 4) is 0 Å². The maximum absolute atomic E-state index is 13.2. The second-order valence-electron chi connectivity index (χ2n) is 6.80. The van der Waals surface area contributed by atoms with Gasteiger partial charge in [-0.25, -0.2) is 9.59 Å². The van der Waals surface area contributed by atoms with Crippen LogP contribution in [0.15, 0.2) is 67.0 Å². The summed E-state index contributed by atoms with van der Waals surface area (Å²) < 4.78 is 9.60. The van der Waals surface area contributed by atoms with Gasteiger partial charge in [-0.3, -0.25) is 14.7 Å². The zero-order chi connectivity index (χ0) is 22.0. The van der Waals surface area contributed by atoms with E-state index in [1.807, 2.05) is 12.1 Å². The minimum Gasteiger partial charge on any atom is -0.465 e. The molecule has 0 aliphatic carbocycles. The Morgan fingerprint density at radius 1 is 0.968 bits per heavy atom. The van der Waals surface area contributed by atoms with E-state index in [2.05, 4.69) is 10.3 Å². The number of pyridine rings is 1. The molecule has 1 amide bonds. The van der Waals surface area contributed by atoms with Gasteiger partial charge in [-0.05, 0) is 36.4 Å². The van der Waals surface area contributed by atoms with Crippen molar-refractivity contribution in [1.29, 1.82) is 0 Å². The highest BCUT2D eigenvalue weighted by molar-refractivity contribution is 6.11. The number of amides is 1. The fraction of sp³-hybridized carbons (Fsp3) is 0.130. The molecule has 2 aromatic carbocycles. The van der Waals surface area contributed by atoms with Crippen LogP contribution in [-0.4, -0.2) is 37.0 Å². The Balaban J connectivity index is 1.80. The van der Waals surface area contributed by atoms with Gasteiger partial charge in [0, 0.05) is 23.0 Å². The number of carbonyl (C=O) groups excluding carboxylic acids is 3. The van der Waals surface area contributed by atoms with Gasteiger partial charge in [0.15, 0.2) is 0 Å². The summed E-state index contributed by atoms with van der Waals surface area (Å²) in [5, 5.41) is 3.28. The molecule has 2 heterocycles. The Bertz CT molecular complexity index is 1130. The number of anilines is 2. The first-order valence-corrected chi connectivity index (χ1v) is 9.44. The summed E-state index contributed by atoms with van der Waals surface area (Å²) in [5.74, 6) is -1.37. The summed E-state index contributed by atoms with van der Waals surface area (Å²) in [6.07, 6.45) is 2.65. The quantitative estimate of drug-likeness (QED) is 0.635. The molecule has 156 valence electrons. The largest absolute Gasteiger partial charge is 0.465 e. The van der Waals surface area contributed by atoms with Crippen molar-refractivity contribution < 1.29 is 23.9 Å². The molecular weight excluding hydrogens is 398 g/mol. The number of hydrogen-bond acceptors (Lipinski definition) is 7. The van der Waals surface area contributed by atoms with Crippen LogP contribution < -0.4 is 10.2 Å². The molecule has 0 saturated carbocycles. The zero-order valence-corrected chi connectivity index (χ0v) is 16.9. The number of esters is 2. The van der Waals surface area contributed by atoms with Crippen LogP contribution in [0, 0.1) is 0 Å². The van der Waals surface area contributed by atoms with Crippen molar-refractivity contribution >= 4 is 29.2 Å². The predicted octanol–water partition coefficient (Wildman–Crippen LogP) is 3.43. The Morgan fingerprint density at radius 3 is 2.26 bits per heavy atom. The standard InChI is InChI=1S/C23H19N3O5/c1-30-22(28)14-10-15(23(29)31-2)12-16(11-14)25-20-18-7-3-4-8-19(18)21(27)26(20)17-6-5-9-24-13-17/h3-13,20,25H,1-2H3/t20-/m1/s1. The molecule has 0 saturated heterocycles. The van der Waals surface area contributed by atoms with Crippen molar-refractivity contribution in [2.45, 2.75) is 6.17 Å². The van der Waals surface area contributed by atoms with Crippen LogP contribution in [0.25, 0.3) is 0 Å². The molecule has 8 heteroatoms. The first-order chi connectivity index (χ1) is 15.0. The third-order valence-electron chi connectivity index (χ3n) is 4.97. The predicted molar refractivity (Wildman–Crippen MR) is 113 cm³/mol. The summed E-state index contributed by atoms with van der Waals surface area (Å²) >= 11 is 0. The lowest BCUT2D eigenvalue weighted by atomic mass is 10.1. The van der Waals surface area contributed by atoms with Gasteiger partial charge in [0.2, 0.25) is 0 Å². The van der Waals surface area contributed by atoms with Crippen LogP contribution in [0.1, 0.15) is 42.8 Å². The van der Waals surface area contributed by atoms with Crippen LogP contribution in [0.5, 0.6) is 0 Å². The van der Waals surface area contributed by atoms with Crippen molar-refractivity contribution in [3.05, 3.63) is 89.2 Å². The number of hydrogen-bond donors (Lipinski definition) is 1. The molecule has 1 N–H and O–H groups in total. The van der Waals surface area contributed by atoms with E-state index in [0.29, 0.717) is 16.9 Å². The number of methoxy groups -OCH3 is 2. The Morgan fingerprint density at radius 2 is 1.65 bits per heavy atom. The van der Waals surface area contributed by atoms with E-state index in [1.165, 1.54) is 20.3 Å². The molecule has 1 aliphatic rings. The first kappa shape index (κ1) is 20.1. The molecule has 0 unspecified atom stereocenters. The highest BCUT2D eigenvalue weighted by atomic mass is 16.5. The summed E-state index contributed by atoms with van der Waals surface area (Å²) in [6, 6.07) is 15.3. The first-order valence-electron chi connectivity index (χ1n) is 9.44. The van der Waals surface area contributed by atoms with Crippen LogP contribution in [-0.2, 0) is 9.47 Å². The zero-order valence-electron chi connectivity index (χ0n) is 16.9. The van der Waals surface area contributed by atoms with E-state index < -0.39 is 18.1 Å². The average molecular weight is 417 g/mol. The molecule has 1 aliphatic heterocycles. The second kappa shape index (κ2) is 8.27. The molecule has 4 rings (SSSR count). The highest BCUT2D eigenvalue weighted by Crippen LogP contribution is 2.38. The number of aromatic nitrogens is 1. The van der Waals surface area contributed by atoms with Crippen molar-refractivity contribution in [2.75, 3.05) is 24.4 Å². The number of nitrogens with one attached hydrogen (secondary N) is 1. The van der Waals surface area contributed by atoms with Crippen LogP contribution >= 0.6 is 0 Å². The summed E-state index contributed by atoms with van der Waals surface area (Å²) in [7, 11) is 2.52. The normalized spacial score (nSPS) is 14.7. The second-order valence-corrected chi connectivity index (χ2v) is 6.80. The lowest BCUT2D eigenvalue weighted by molar-refractivity contribution is 0.0599. The average Bonchev–Trinajstić information content (AvgIpc) is 3.09. The van der Waals surface area contributed by atoms with Crippen LogP contribution in [0.4, 0.5) is 11.4 Å². The van der Waals surface area contributed by atoms with Crippen LogP contribution in [0.3, 0.4) is 0 Å². The fourth-order valence-corrected chi connectivity index (χ4v) is 3.56. The van der Waals surface area contributed by atoms with Gasteiger partial charge < -0.3 is 14.8 Å². The van der Waals surface area contributed by atoms with E-state index in [1.54, 1.807) is 53.7 Å². The molecular formula is C23H19N3O5. The molecule has 0 fully saturated rings. The smallest absolute Gasteiger partial charge is 0.337 e. The lowest BCUT2D eigenvalue weighted by Crippen LogP contribution is -2.32. The lowest BCUT2D eigenvalue weighted by Gasteiger charge is -2.27. The number of rotatable bonds is 5. The molecule has 1 atom stereocenters. The Kier molecular flexibility index (Phi) is 5.36. The third-order valence-corrected chi connectivity index (χ3v) is 4.97. The van der Waals surface area contributed by atoms with Gasteiger partial charge in [-0.2, -0.15) is 0 Å². The number of nitrogens with zero attached hydrogens (tertiary/aromatic N) is 2. The monoisotopic (exact) mass is 417 g/mol. The fourth-order valence-electron chi connectivity index (χ4n) is 3.56. The van der Waals surface area contributed by atoms with Gasteiger partial charge in [-0.1, -0.05) is 18.2 Å². The number of benzene rings is 2. The van der Waals surface area contributed by atoms with E-state index in [9.17, 15) is 14.4 Å². The van der Waals surface area contributed by atoms with Crippen molar-refractivity contribution in [3.63, 3.8) is 0 Å². The summed E-state index contributed by atoms with van der Waals surface area (Å²) in [6.45, 7) is 0. The number of fused-ring (bicyclic) bond motifs is 1. The third kappa shape index (κ3) is 3.71. The molecule has 1 aromatic heterocycles. The van der Waals surface area contributed by atoms with E-state index >= 15 is 0 Å². The highest BCUT2D eigenvalue weighted by Gasteiger charge is 2.37. The van der Waals surface area contributed by atoms with Gasteiger partial charge in [0.05, 0.1) is 37.2 Å². The molecule has 0 spiro atoms. The van der Waals surface area contributed by atoms with Crippen LogP contribution in [0.2, 0.25) is 0 Å². The van der Waals surface area contributed by atoms with Crippen molar-refractivity contribution in [2.24, 2.45) is 0 Å². The SMILES string of the molecule is COC(=O)c1cc(N[C@H]2c3ccccc3C(=O)N2c2cccnc2)cc(C(=O)OC)c1. The summed E-state index contributed by atoms with van der Waals surface area (Å²) in [4.78, 5) is 43.1. The molecule has 3 aromatic rings. The summed E-state index contributed by atoms with van der Waals surface area (Å²) in [5.41, 5.74) is 2.74. The minimum atomic E-state index is -0.596. The molecule has 0 bridgehead atoms. The van der Waals surface area contributed by atoms with E-state index in [4.69, 9.17) is 9.47 Å². The Labute approximate surface area is 178 Å². The maximum Gasteiger partial charge on any atom is 0.337 e. The Hall–Kier alpha value is -4.20. The van der Waals surface area contributed by atoms with Gasteiger partial charge >= 0.3 is 11.9 Å². The van der Waals surface area contributed by atoms with Gasteiger partial charge in [0.1, 0.15) is 6.17 Å². The number of carbonyl (C=O) groups is 3. The minimum absolute atomic E-state index is 0.179. The molecule has 31 heavy (non-hydrogen) atoms. The molecule has 8 nitrogen and oxygen atoms in total. The molecule has 0 radical (unpaired) electrons. The van der Waals surface area contributed by atoms with Crippen molar-refractivity contribution in [1.82, 2.24) is 4.98 Å².